The average Bonchev–Trinajstić information content (AvgIpc) is 2.90. The highest BCUT2D eigenvalue weighted by atomic mass is 32.1. The minimum absolute atomic E-state index is 0.0846. The molecule has 1 unspecified atom stereocenters. The predicted molar refractivity (Wildman–Crippen MR) is 92.4 cm³/mol. The maximum Gasteiger partial charge on any atom is 0.248 e. The molecule has 1 aromatic heterocycles. The number of halogens is 2. The molecule has 0 saturated carbocycles. The molecule has 0 aliphatic rings. The zero-order chi connectivity index (χ0) is 18.6. The number of rotatable bonds is 6. The van der Waals surface area contributed by atoms with Crippen molar-refractivity contribution < 1.29 is 18.4 Å². The van der Waals surface area contributed by atoms with Crippen LogP contribution in [-0.4, -0.2) is 22.8 Å². The standard InChI is InChI=1S/C17H19F2N3O2S/c1-9(2)15(21-10(3)23)16(24)22-17-20-8-14(25-17)6-11-4-12(18)7-13(19)5-11/h4-5,7-9,15H,6H2,1-3H3,(H,21,23)(H,20,22,24). The highest BCUT2D eigenvalue weighted by Crippen LogP contribution is 2.22. The van der Waals surface area contributed by atoms with Gasteiger partial charge in [0.1, 0.15) is 17.7 Å². The number of anilines is 1. The summed E-state index contributed by atoms with van der Waals surface area (Å²) >= 11 is 1.22. The quantitative estimate of drug-likeness (QED) is 0.824. The lowest BCUT2D eigenvalue weighted by atomic mass is 10.0. The smallest absolute Gasteiger partial charge is 0.248 e. The van der Waals surface area contributed by atoms with E-state index in [1.165, 1.54) is 30.4 Å². The fourth-order valence-corrected chi connectivity index (χ4v) is 3.15. The fraction of sp³-hybridized carbons (Fsp3) is 0.353. The summed E-state index contributed by atoms with van der Waals surface area (Å²) in [5.74, 6) is -2.01. The van der Waals surface area contributed by atoms with E-state index in [9.17, 15) is 18.4 Å². The van der Waals surface area contributed by atoms with E-state index in [1.807, 2.05) is 13.8 Å². The Labute approximate surface area is 148 Å². The van der Waals surface area contributed by atoms with E-state index in [-0.39, 0.29) is 17.7 Å². The Bertz CT molecular complexity index is 757. The second kappa shape index (κ2) is 8.15. The first kappa shape index (κ1) is 19.0. The van der Waals surface area contributed by atoms with E-state index >= 15 is 0 Å². The molecule has 0 bridgehead atoms. The van der Waals surface area contributed by atoms with Crippen molar-refractivity contribution in [2.24, 2.45) is 5.92 Å². The molecule has 2 amide bonds. The van der Waals surface area contributed by atoms with E-state index in [2.05, 4.69) is 15.6 Å². The van der Waals surface area contributed by atoms with E-state index in [0.717, 1.165) is 10.9 Å². The van der Waals surface area contributed by atoms with Crippen molar-refractivity contribution in [3.63, 3.8) is 0 Å². The van der Waals surface area contributed by atoms with Crippen molar-refractivity contribution >= 4 is 28.3 Å². The molecule has 1 heterocycles. The van der Waals surface area contributed by atoms with Crippen LogP contribution in [0.5, 0.6) is 0 Å². The van der Waals surface area contributed by atoms with Gasteiger partial charge in [0.25, 0.3) is 0 Å². The van der Waals surface area contributed by atoms with Gasteiger partial charge < -0.3 is 10.6 Å². The van der Waals surface area contributed by atoms with E-state index in [1.54, 1.807) is 6.20 Å². The molecule has 2 rings (SSSR count). The average molecular weight is 367 g/mol. The summed E-state index contributed by atoms with van der Waals surface area (Å²) in [5.41, 5.74) is 0.484. The van der Waals surface area contributed by atoms with Crippen LogP contribution in [0.1, 0.15) is 31.2 Å². The molecular formula is C17H19F2N3O2S. The first-order valence-corrected chi connectivity index (χ1v) is 8.54. The molecule has 8 heteroatoms. The van der Waals surface area contributed by atoms with Gasteiger partial charge in [-0.3, -0.25) is 9.59 Å². The summed E-state index contributed by atoms with van der Waals surface area (Å²) in [6.07, 6.45) is 1.85. The number of aromatic nitrogens is 1. The van der Waals surface area contributed by atoms with Gasteiger partial charge in [0.2, 0.25) is 11.8 Å². The molecule has 1 aromatic carbocycles. The number of benzene rings is 1. The topological polar surface area (TPSA) is 71.1 Å². The highest BCUT2D eigenvalue weighted by Gasteiger charge is 2.23. The van der Waals surface area contributed by atoms with Crippen molar-refractivity contribution in [2.75, 3.05) is 5.32 Å². The van der Waals surface area contributed by atoms with Crippen LogP contribution < -0.4 is 10.6 Å². The van der Waals surface area contributed by atoms with Gasteiger partial charge in [-0.25, -0.2) is 13.8 Å². The number of hydrogen-bond acceptors (Lipinski definition) is 4. The third-order valence-electron chi connectivity index (χ3n) is 3.39. The summed E-state index contributed by atoms with van der Waals surface area (Å²) in [6.45, 7) is 5.00. The Balaban J connectivity index is 2.05. The molecule has 1 atom stereocenters. The molecule has 0 saturated heterocycles. The number of thiazole rings is 1. The number of amides is 2. The number of hydrogen-bond donors (Lipinski definition) is 2. The maximum absolute atomic E-state index is 13.2. The first-order chi connectivity index (χ1) is 11.7. The summed E-state index contributed by atoms with van der Waals surface area (Å²) in [7, 11) is 0. The molecule has 5 nitrogen and oxygen atoms in total. The zero-order valence-corrected chi connectivity index (χ0v) is 14.9. The van der Waals surface area contributed by atoms with Crippen molar-refractivity contribution in [1.29, 1.82) is 0 Å². The Kier molecular flexibility index (Phi) is 6.19. The van der Waals surface area contributed by atoms with Gasteiger partial charge in [0.15, 0.2) is 5.13 Å². The molecule has 2 N–H and O–H groups in total. The SMILES string of the molecule is CC(=O)NC(C(=O)Nc1ncc(Cc2cc(F)cc(F)c2)s1)C(C)C. The second-order valence-corrected chi connectivity index (χ2v) is 7.11. The van der Waals surface area contributed by atoms with Crippen LogP contribution in [0.2, 0.25) is 0 Å². The molecular weight excluding hydrogens is 348 g/mol. The van der Waals surface area contributed by atoms with Gasteiger partial charge in [-0.1, -0.05) is 13.8 Å². The summed E-state index contributed by atoms with van der Waals surface area (Å²) in [5, 5.41) is 5.63. The first-order valence-electron chi connectivity index (χ1n) is 7.72. The van der Waals surface area contributed by atoms with Gasteiger partial charge in [0, 0.05) is 30.5 Å². The summed E-state index contributed by atoms with van der Waals surface area (Å²) < 4.78 is 26.5. The van der Waals surface area contributed by atoms with Crippen molar-refractivity contribution in [2.45, 2.75) is 33.2 Å². The van der Waals surface area contributed by atoms with Gasteiger partial charge in [0.05, 0.1) is 0 Å². The van der Waals surface area contributed by atoms with Crippen LogP contribution in [0.4, 0.5) is 13.9 Å². The van der Waals surface area contributed by atoms with Crippen LogP contribution in [0.25, 0.3) is 0 Å². The fourth-order valence-electron chi connectivity index (χ4n) is 2.30. The number of nitrogens with zero attached hydrogens (tertiary/aromatic N) is 1. The van der Waals surface area contributed by atoms with Crippen molar-refractivity contribution in [3.05, 3.63) is 46.5 Å². The largest absolute Gasteiger partial charge is 0.344 e. The summed E-state index contributed by atoms with van der Waals surface area (Å²) in [6, 6.07) is 2.66. The molecule has 0 fully saturated rings. The molecule has 25 heavy (non-hydrogen) atoms. The normalized spacial score (nSPS) is 12.1. The number of carbonyl (C=O) groups excluding carboxylic acids is 2. The van der Waals surface area contributed by atoms with Gasteiger partial charge in [-0.2, -0.15) is 0 Å². The third-order valence-corrected chi connectivity index (χ3v) is 4.31. The highest BCUT2D eigenvalue weighted by molar-refractivity contribution is 7.15. The molecule has 0 radical (unpaired) electrons. The Hall–Kier alpha value is -2.35. The van der Waals surface area contributed by atoms with Crippen LogP contribution >= 0.6 is 11.3 Å². The minimum atomic E-state index is -0.665. The predicted octanol–water partition coefficient (Wildman–Crippen LogP) is 3.11. The second-order valence-electron chi connectivity index (χ2n) is 6.00. The Morgan fingerprint density at radius 3 is 2.40 bits per heavy atom. The molecule has 134 valence electrons. The van der Waals surface area contributed by atoms with E-state index in [4.69, 9.17) is 0 Å². The maximum atomic E-state index is 13.2. The Morgan fingerprint density at radius 1 is 1.20 bits per heavy atom. The zero-order valence-electron chi connectivity index (χ0n) is 14.1. The molecule has 2 aromatic rings. The molecule has 0 spiro atoms. The summed E-state index contributed by atoms with van der Waals surface area (Å²) in [4.78, 5) is 28.4. The lowest BCUT2D eigenvalue weighted by Crippen LogP contribution is -2.46. The number of nitrogens with one attached hydrogen (secondary N) is 2. The minimum Gasteiger partial charge on any atom is -0.344 e. The van der Waals surface area contributed by atoms with Crippen molar-refractivity contribution in [3.8, 4) is 0 Å². The van der Waals surface area contributed by atoms with Crippen LogP contribution in [0, 0.1) is 17.6 Å². The third kappa shape index (κ3) is 5.60. The van der Waals surface area contributed by atoms with Gasteiger partial charge >= 0.3 is 0 Å². The lowest BCUT2D eigenvalue weighted by molar-refractivity contribution is -0.126. The van der Waals surface area contributed by atoms with Crippen LogP contribution in [0.3, 0.4) is 0 Å². The van der Waals surface area contributed by atoms with E-state index < -0.39 is 17.7 Å². The van der Waals surface area contributed by atoms with Crippen LogP contribution in [0.15, 0.2) is 24.4 Å². The molecule has 0 aliphatic carbocycles. The van der Waals surface area contributed by atoms with Crippen molar-refractivity contribution in [1.82, 2.24) is 10.3 Å². The monoisotopic (exact) mass is 367 g/mol. The van der Waals surface area contributed by atoms with Gasteiger partial charge in [-0.05, 0) is 23.6 Å². The Morgan fingerprint density at radius 2 is 1.84 bits per heavy atom. The van der Waals surface area contributed by atoms with Gasteiger partial charge in [-0.15, -0.1) is 11.3 Å². The van der Waals surface area contributed by atoms with E-state index in [0.29, 0.717) is 17.1 Å². The van der Waals surface area contributed by atoms with Crippen LogP contribution in [-0.2, 0) is 16.0 Å². The molecule has 0 aliphatic heterocycles. The lowest BCUT2D eigenvalue weighted by Gasteiger charge is -2.20. The number of carbonyl (C=O) groups is 2.